The third kappa shape index (κ3) is 4.35. The number of hydrogen-bond donors (Lipinski definition) is 1. The Balaban J connectivity index is 2.19. The van der Waals surface area contributed by atoms with Crippen LogP contribution in [-0.4, -0.2) is 14.7 Å². The molecular formula is C13H24N2O. The molecule has 1 heterocycles. The van der Waals surface area contributed by atoms with Gasteiger partial charge in [0.2, 0.25) is 0 Å². The van der Waals surface area contributed by atoms with Gasteiger partial charge in [0.25, 0.3) is 0 Å². The Bertz CT molecular complexity index is 281. The van der Waals surface area contributed by atoms with Crippen molar-refractivity contribution in [2.75, 3.05) is 0 Å². The zero-order valence-corrected chi connectivity index (χ0v) is 10.5. The van der Waals surface area contributed by atoms with Crippen LogP contribution in [0.5, 0.6) is 0 Å². The lowest BCUT2D eigenvalue weighted by Gasteiger charge is -2.09. The predicted octanol–water partition coefficient (Wildman–Crippen LogP) is 3.30. The molecule has 0 bridgehead atoms. The number of hydrogen-bond acceptors (Lipinski definition) is 2. The van der Waals surface area contributed by atoms with Crippen LogP contribution in [-0.2, 0) is 6.54 Å². The highest BCUT2D eigenvalue weighted by Gasteiger charge is 2.07. The van der Waals surface area contributed by atoms with E-state index >= 15 is 0 Å². The Kier molecular flexibility index (Phi) is 6.16. The van der Waals surface area contributed by atoms with Gasteiger partial charge in [-0.25, -0.2) is 4.98 Å². The second-order valence-corrected chi connectivity index (χ2v) is 4.42. The summed E-state index contributed by atoms with van der Waals surface area (Å²) in [5.41, 5.74) is 0. The fraction of sp³-hybridized carbons (Fsp3) is 0.769. The predicted molar refractivity (Wildman–Crippen MR) is 66.2 cm³/mol. The third-order valence-corrected chi connectivity index (χ3v) is 2.87. The van der Waals surface area contributed by atoms with Gasteiger partial charge in [0.05, 0.1) is 0 Å². The van der Waals surface area contributed by atoms with Gasteiger partial charge in [-0.05, 0) is 13.3 Å². The van der Waals surface area contributed by atoms with E-state index in [1.807, 2.05) is 6.20 Å². The smallest absolute Gasteiger partial charge is 0.137 e. The normalized spacial score (nSPS) is 12.9. The first-order chi connectivity index (χ1) is 7.75. The first-order valence-corrected chi connectivity index (χ1v) is 6.44. The number of aromatic nitrogens is 2. The molecule has 1 rings (SSSR count). The van der Waals surface area contributed by atoms with Crippen LogP contribution in [0.2, 0.25) is 0 Å². The number of aliphatic hydroxyl groups is 1. The van der Waals surface area contributed by atoms with Gasteiger partial charge in [-0.3, -0.25) is 0 Å². The fourth-order valence-corrected chi connectivity index (χ4v) is 1.94. The molecule has 16 heavy (non-hydrogen) atoms. The molecule has 0 aliphatic rings. The molecule has 1 atom stereocenters. The topological polar surface area (TPSA) is 38.0 Å². The van der Waals surface area contributed by atoms with Crippen molar-refractivity contribution in [3.05, 3.63) is 18.2 Å². The zero-order chi connectivity index (χ0) is 11.8. The standard InChI is InChI=1S/C13H24N2O/c1-3-4-5-6-7-8-10-15-11-9-14-13(15)12(2)16/h9,11-12,16H,3-8,10H2,1-2H3. The molecule has 1 aromatic rings. The van der Waals surface area contributed by atoms with E-state index in [4.69, 9.17) is 0 Å². The van der Waals surface area contributed by atoms with Crippen molar-refractivity contribution < 1.29 is 5.11 Å². The molecule has 1 unspecified atom stereocenters. The van der Waals surface area contributed by atoms with Crippen molar-refractivity contribution in [3.8, 4) is 0 Å². The molecule has 1 N–H and O–H groups in total. The van der Waals surface area contributed by atoms with Crippen LogP contribution in [0.4, 0.5) is 0 Å². The zero-order valence-electron chi connectivity index (χ0n) is 10.5. The summed E-state index contributed by atoms with van der Waals surface area (Å²) in [6, 6.07) is 0. The van der Waals surface area contributed by atoms with Crippen molar-refractivity contribution >= 4 is 0 Å². The lowest BCUT2D eigenvalue weighted by molar-refractivity contribution is 0.183. The summed E-state index contributed by atoms with van der Waals surface area (Å²) >= 11 is 0. The number of unbranched alkanes of at least 4 members (excludes halogenated alkanes) is 5. The van der Waals surface area contributed by atoms with E-state index in [2.05, 4.69) is 16.5 Å². The van der Waals surface area contributed by atoms with E-state index < -0.39 is 6.10 Å². The van der Waals surface area contributed by atoms with Crippen molar-refractivity contribution in [3.63, 3.8) is 0 Å². The highest BCUT2D eigenvalue weighted by atomic mass is 16.3. The highest BCUT2D eigenvalue weighted by molar-refractivity contribution is 4.94. The van der Waals surface area contributed by atoms with Gasteiger partial charge < -0.3 is 9.67 Å². The average molecular weight is 224 g/mol. The molecular weight excluding hydrogens is 200 g/mol. The number of imidazole rings is 1. The van der Waals surface area contributed by atoms with E-state index in [9.17, 15) is 5.11 Å². The molecule has 0 saturated carbocycles. The molecule has 0 aromatic carbocycles. The summed E-state index contributed by atoms with van der Waals surface area (Å²) < 4.78 is 2.06. The Labute approximate surface area is 98.5 Å². The monoisotopic (exact) mass is 224 g/mol. The van der Waals surface area contributed by atoms with E-state index in [1.165, 1.54) is 38.5 Å². The molecule has 0 spiro atoms. The SMILES string of the molecule is CCCCCCCCn1ccnc1C(C)O. The third-order valence-electron chi connectivity index (χ3n) is 2.87. The maximum Gasteiger partial charge on any atom is 0.137 e. The van der Waals surface area contributed by atoms with Gasteiger partial charge in [-0.2, -0.15) is 0 Å². The minimum Gasteiger partial charge on any atom is -0.385 e. The summed E-state index contributed by atoms with van der Waals surface area (Å²) in [6.45, 7) is 4.98. The Hall–Kier alpha value is -0.830. The molecule has 92 valence electrons. The van der Waals surface area contributed by atoms with Gasteiger partial charge in [-0.15, -0.1) is 0 Å². The molecule has 0 aliphatic heterocycles. The van der Waals surface area contributed by atoms with Crippen molar-refractivity contribution in [2.24, 2.45) is 0 Å². The maximum atomic E-state index is 9.48. The summed E-state index contributed by atoms with van der Waals surface area (Å²) in [6.07, 6.45) is 11.0. The van der Waals surface area contributed by atoms with Crippen LogP contribution < -0.4 is 0 Å². The molecule has 0 aliphatic carbocycles. The first-order valence-electron chi connectivity index (χ1n) is 6.44. The van der Waals surface area contributed by atoms with Crippen molar-refractivity contribution in [2.45, 2.75) is 65.0 Å². The van der Waals surface area contributed by atoms with Crippen LogP contribution in [0.15, 0.2) is 12.4 Å². The van der Waals surface area contributed by atoms with Crippen molar-refractivity contribution in [1.29, 1.82) is 0 Å². The first kappa shape index (κ1) is 13.2. The van der Waals surface area contributed by atoms with Crippen LogP contribution in [0, 0.1) is 0 Å². The Morgan fingerprint density at radius 1 is 1.25 bits per heavy atom. The number of aryl methyl sites for hydroxylation is 1. The van der Waals surface area contributed by atoms with Crippen LogP contribution in [0.3, 0.4) is 0 Å². The second kappa shape index (κ2) is 7.44. The van der Waals surface area contributed by atoms with Gasteiger partial charge in [0.1, 0.15) is 11.9 Å². The van der Waals surface area contributed by atoms with Gasteiger partial charge in [-0.1, -0.05) is 39.0 Å². The maximum absolute atomic E-state index is 9.48. The Morgan fingerprint density at radius 2 is 1.94 bits per heavy atom. The minimum atomic E-state index is -0.463. The molecule has 3 nitrogen and oxygen atoms in total. The van der Waals surface area contributed by atoms with Crippen LogP contribution in [0.1, 0.15) is 64.3 Å². The van der Waals surface area contributed by atoms with Crippen LogP contribution in [0.25, 0.3) is 0 Å². The van der Waals surface area contributed by atoms with E-state index in [1.54, 1.807) is 13.1 Å². The molecule has 0 saturated heterocycles. The highest BCUT2D eigenvalue weighted by Crippen LogP contribution is 2.11. The molecule has 0 radical (unpaired) electrons. The number of rotatable bonds is 8. The largest absolute Gasteiger partial charge is 0.385 e. The second-order valence-electron chi connectivity index (χ2n) is 4.42. The summed E-state index contributed by atoms with van der Waals surface area (Å²) in [5.74, 6) is 0.786. The van der Waals surface area contributed by atoms with E-state index in [0.717, 1.165) is 12.4 Å². The quantitative estimate of drug-likeness (QED) is 0.688. The lowest BCUT2D eigenvalue weighted by Crippen LogP contribution is -2.06. The van der Waals surface area contributed by atoms with Gasteiger partial charge >= 0.3 is 0 Å². The fourth-order valence-electron chi connectivity index (χ4n) is 1.94. The Morgan fingerprint density at radius 3 is 2.62 bits per heavy atom. The van der Waals surface area contributed by atoms with Gasteiger partial charge in [0.15, 0.2) is 0 Å². The molecule has 0 fully saturated rings. The number of aliphatic hydroxyl groups excluding tert-OH is 1. The summed E-state index contributed by atoms with van der Waals surface area (Å²) in [7, 11) is 0. The molecule has 1 aromatic heterocycles. The summed E-state index contributed by atoms with van der Waals surface area (Å²) in [4.78, 5) is 4.16. The average Bonchev–Trinajstić information content (AvgIpc) is 2.71. The lowest BCUT2D eigenvalue weighted by atomic mass is 10.1. The molecule has 3 heteroatoms. The number of nitrogens with zero attached hydrogens (tertiary/aromatic N) is 2. The van der Waals surface area contributed by atoms with Crippen molar-refractivity contribution in [1.82, 2.24) is 9.55 Å². The van der Waals surface area contributed by atoms with E-state index in [0.29, 0.717) is 0 Å². The van der Waals surface area contributed by atoms with Gasteiger partial charge in [0, 0.05) is 18.9 Å². The molecule has 0 amide bonds. The minimum absolute atomic E-state index is 0.463. The van der Waals surface area contributed by atoms with Crippen LogP contribution >= 0.6 is 0 Å². The summed E-state index contributed by atoms with van der Waals surface area (Å²) in [5, 5.41) is 9.48. The van der Waals surface area contributed by atoms with E-state index in [-0.39, 0.29) is 0 Å².